The molecule has 0 aromatic rings. The van der Waals surface area contributed by atoms with Crippen molar-refractivity contribution in [3.05, 3.63) is 0 Å². The molecule has 110 valence electrons. The number of carbonyl (C=O) groups excluding carboxylic acids is 1. The average Bonchev–Trinajstić information content (AvgIpc) is 2.79. The summed E-state index contributed by atoms with van der Waals surface area (Å²) in [6.45, 7) is 4.13. The highest BCUT2D eigenvalue weighted by molar-refractivity contribution is 5.79. The summed E-state index contributed by atoms with van der Waals surface area (Å²) in [5, 5.41) is 0. The smallest absolute Gasteiger partial charge is 0.225 e. The Morgan fingerprint density at radius 1 is 1.32 bits per heavy atom. The molecule has 0 radical (unpaired) electrons. The number of rotatable bonds is 3. The summed E-state index contributed by atoms with van der Waals surface area (Å²) in [7, 11) is 4.17. The summed E-state index contributed by atoms with van der Waals surface area (Å²) in [4.78, 5) is 17.0. The number of hydrogen-bond donors (Lipinski definition) is 1. The van der Waals surface area contributed by atoms with Crippen molar-refractivity contribution in [1.29, 1.82) is 0 Å². The first kappa shape index (κ1) is 14.8. The minimum absolute atomic E-state index is 0.220. The van der Waals surface area contributed by atoms with Gasteiger partial charge in [0.15, 0.2) is 0 Å². The molecule has 4 heteroatoms. The SMILES string of the molecule is CC1CC(C(=O)N2CCCC2CN(C)C)CCC1N. The number of carbonyl (C=O) groups is 1. The topological polar surface area (TPSA) is 49.6 Å². The molecule has 2 rings (SSSR count). The molecule has 0 aromatic carbocycles. The van der Waals surface area contributed by atoms with E-state index in [2.05, 4.69) is 30.8 Å². The minimum Gasteiger partial charge on any atom is -0.338 e. The molecule has 1 saturated heterocycles. The van der Waals surface area contributed by atoms with Gasteiger partial charge < -0.3 is 15.5 Å². The molecule has 2 aliphatic rings. The number of likely N-dealkylation sites (N-methyl/N-ethyl adjacent to an activating group) is 1. The number of nitrogens with two attached hydrogens (primary N) is 1. The third kappa shape index (κ3) is 3.48. The summed E-state index contributed by atoms with van der Waals surface area (Å²) < 4.78 is 0. The quantitative estimate of drug-likeness (QED) is 0.838. The molecule has 4 atom stereocenters. The Bertz CT molecular complexity index is 319. The van der Waals surface area contributed by atoms with Crippen molar-refractivity contribution in [2.24, 2.45) is 17.6 Å². The molecule has 0 bridgehead atoms. The van der Waals surface area contributed by atoms with Gasteiger partial charge in [-0.05, 0) is 52.1 Å². The summed E-state index contributed by atoms with van der Waals surface area (Å²) in [6.07, 6.45) is 5.28. The zero-order valence-corrected chi connectivity index (χ0v) is 12.6. The summed E-state index contributed by atoms with van der Waals surface area (Å²) >= 11 is 0. The molecular weight excluding hydrogens is 238 g/mol. The van der Waals surface area contributed by atoms with Gasteiger partial charge in [0.2, 0.25) is 5.91 Å². The maximum Gasteiger partial charge on any atom is 0.225 e. The van der Waals surface area contributed by atoms with Crippen molar-refractivity contribution >= 4 is 5.91 Å². The first-order valence-electron chi connectivity index (χ1n) is 7.69. The second-order valence-electron chi connectivity index (χ2n) is 6.74. The van der Waals surface area contributed by atoms with Gasteiger partial charge in [0.25, 0.3) is 0 Å². The lowest BCUT2D eigenvalue weighted by Gasteiger charge is -2.35. The van der Waals surface area contributed by atoms with Crippen LogP contribution in [0.1, 0.15) is 39.0 Å². The fourth-order valence-electron chi connectivity index (χ4n) is 3.62. The van der Waals surface area contributed by atoms with E-state index < -0.39 is 0 Å². The maximum atomic E-state index is 12.7. The monoisotopic (exact) mass is 267 g/mol. The predicted molar refractivity (Wildman–Crippen MR) is 77.8 cm³/mol. The fourth-order valence-corrected chi connectivity index (χ4v) is 3.62. The molecule has 0 spiro atoms. The molecule has 1 saturated carbocycles. The van der Waals surface area contributed by atoms with Crippen LogP contribution in [0.4, 0.5) is 0 Å². The number of hydrogen-bond acceptors (Lipinski definition) is 3. The summed E-state index contributed by atoms with van der Waals surface area (Å²) in [5.41, 5.74) is 6.06. The fraction of sp³-hybridized carbons (Fsp3) is 0.933. The zero-order chi connectivity index (χ0) is 14.0. The van der Waals surface area contributed by atoms with Crippen LogP contribution < -0.4 is 5.73 Å². The van der Waals surface area contributed by atoms with Crippen LogP contribution in [0.5, 0.6) is 0 Å². The number of likely N-dealkylation sites (tertiary alicyclic amines) is 1. The first-order chi connectivity index (χ1) is 8.99. The van der Waals surface area contributed by atoms with E-state index in [9.17, 15) is 4.79 Å². The van der Waals surface area contributed by atoms with Gasteiger partial charge in [-0.3, -0.25) is 4.79 Å². The third-order valence-corrected chi connectivity index (χ3v) is 4.82. The van der Waals surface area contributed by atoms with E-state index >= 15 is 0 Å². The molecule has 2 N–H and O–H groups in total. The van der Waals surface area contributed by atoms with Crippen LogP contribution in [0, 0.1) is 11.8 Å². The molecule has 0 aromatic heterocycles. The Kier molecular flexibility index (Phi) is 4.85. The standard InChI is InChI=1S/C15H29N3O/c1-11-9-12(6-7-14(11)16)15(19)18-8-4-5-13(18)10-17(2)3/h11-14H,4-10,16H2,1-3H3. The van der Waals surface area contributed by atoms with Crippen LogP contribution in [-0.2, 0) is 4.79 Å². The van der Waals surface area contributed by atoms with E-state index in [-0.39, 0.29) is 5.92 Å². The predicted octanol–water partition coefficient (Wildman–Crippen LogP) is 1.30. The van der Waals surface area contributed by atoms with Crippen LogP contribution in [0.15, 0.2) is 0 Å². The molecule has 19 heavy (non-hydrogen) atoms. The molecular formula is C15H29N3O. The lowest BCUT2D eigenvalue weighted by atomic mass is 9.78. The Morgan fingerprint density at radius 3 is 2.68 bits per heavy atom. The van der Waals surface area contributed by atoms with Gasteiger partial charge in [-0.2, -0.15) is 0 Å². The lowest BCUT2D eigenvalue weighted by Crippen LogP contribution is -2.46. The van der Waals surface area contributed by atoms with Gasteiger partial charge in [-0.25, -0.2) is 0 Å². The Balaban J connectivity index is 1.95. The maximum absolute atomic E-state index is 12.7. The van der Waals surface area contributed by atoms with Crippen LogP contribution in [0.3, 0.4) is 0 Å². The highest BCUT2D eigenvalue weighted by atomic mass is 16.2. The Morgan fingerprint density at radius 2 is 2.05 bits per heavy atom. The van der Waals surface area contributed by atoms with Gasteiger partial charge >= 0.3 is 0 Å². The zero-order valence-electron chi connectivity index (χ0n) is 12.6. The van der Waals surface area contributed by atoms with E-state index in [1.54, 1.807) is 0 Å². The molecule has 1 aliphatic carbocycles. The van der Waals surface area contributed by atoms with Gasteiger partial charge in [-0.1, -0.05) is 6.92 Å². The summed E-state index contributed by atoms with van der Waals surface area (Å²) in [5.74, 6) is 1.10. The number of amides is 1. The van der Waals surface area contributed by atoms with E-state index in [0.717, 1.165) is 45.2 Å². The van der Waals surface area contributed by atoms with Crippen molar-refractivity contribution in [2.75, 3.05) is 27.2 Å². The van der Waals surface area contributed by atoms with Gasteiger partial charge in [0.1, 0.15) is 0 Å². The molecule has 1 heterocycles. The molecule has 4 unspecified atom stereocenters. The van der Waals surface area contributed by atoms with E-state index in [1.165, 1.54) is 0 Å². The Hall–Kier alpha value is -0.610. The van der Waals surface area contributed by atoms with Gasteiger partial charge in [-0.15, -0.1) is 0 Å². The van der Waals surface area contributed by atoms with Crippen molar-refractivity contribution in [1.82, 2.24) is 9.80 Å². The second-order valence-corrected chi connectivity index (χ2v) is 6.74. The van der Waals surface area contributed by atoms with Crippen molar-refractivity contribution < 1.29 is 4.79 Å². The van der Waals surface area contributed by atoms with Gasteiger partial charge in [0, 0.05) is 31.1 Å². The number of nitrogens with zero attached hydrogens (tertiary/aromatic N) is 2. The van der Waals surface area contributed by atoms with Crippen LogP contribution in [0.25, 0.3) is 0 Å². The van der Waals surface area contributed by atoms with Crippen LogP contribution >= 0.6 is 0 Å². The summed E-state index contributed by atoms with van der Waals surface area (Å²) in [6, 6.07) is 0.716. The lowest BCUT2D eigenvalue weighted by molar-refractivity contribution is -0.138. The molecule has 1 aliphatic heterocycles. The highest BCUT2D eigenvalue weighted by Gasteiger charge is 2.36. The van der Waals surface area contributed by atoms with E-state index in [0.29, 0.717) is 23.9 Å². The second kappa shape index (κ2) is 6.23. The van der Waals surface area contributed by atoms with Crippen molar-refractivity contribution in [3.8, 4) is 0 Å². The highest BCUT2D eigenvalue weighted by Crippen LogP contribution is 2.31. The third-order valence-electron chi connectivity index (χ3n) is 4.82. The van der Waals surface area contributed by atoms with Crippen LogP contribution in [0.2, 0.25) is 0 Å². The van der Waals surface area contributed by atoms with E-state index in [1.807, 2.05) is 0 Å². The van der Waals surface area contributed by atoms with Crippen LogP contribution in [-0.4, -0.2) is 55.0 Å². The normalized spacial score (nSPS) is 35.9. The molecule has 4 nitrogen and oxygen atoms in total. The van der Waals surface area contributed by atoms with E-state index in [4.69, 9.17) is 5.73 Å². The van der Waals surface area contributed by atoms with Crippen molar-refractivity contribution in [2.45, 2.75) is 51.1 Å². The molecule has 2 fully saturated rings. The van der Waals surface area contributed by atoms with Crippen molar-refractivity contribution in [3.63, 3.8) is 0 Å². The Labute approximate surface area is 117 Å². The first-order valence-corrected chi connectivity index (χ1v) is 7.69. The minimum atomic E-state index is 0.220. The largest absolute Gasteiger partial charge is 0.338 e. The average molecular weight is 267 g/mol. The molecule has 1 amide bonds. The van der Waals surface area contributed by atoms with Gasteiger partial charge in [0.05, 0.1) is 0 Å².